The van der Waals surface area contributed by atoms with Crippen molar-refractivity contribution in [2.75, 3.05) is 11.9 Å². The summed E-state index contributed by atoms with van der Waals surface area (Å²) in [7, 11) is 0. The van der Waals surface area contributed by atoms with Gasteiger partial charge >= 0.3 is 5.97 Å². The van der Waals surface area contributed by atoms with Crippen molar-refractivity contribution in [3.8, 4) is 0 Å². The number of para-hydroxylation sites is 1. The van der Waals surface area contributed by atoms with Crippen molar-refractivity contribution in [3.63, 3.8) is 0 Å². The van der Waals surface area contributed by atoms with E-state index < -0.39 is 5.97 Å². The first-order valence-electron chi connectivity index (χ1n) is 7.16. The quantitative estimate of drug-likeness (QED) is 0.705. The number of nitrogens with one attached hydrogen (secondary N) is 2. The second-order valence-corrected chi connectivity index (χ2v) is 4.87. The molecule has 3 rings (SSSR count). The molecule has 2 N–H and O–H groups in total. The van der Waals surface area contributed by atoms with Crippen LogP contribution in [-0.2, 0) is 16.0 Å². The number of hydrogen-bond donors (Lipinski definition) is 2. The van der Waals surface area contributed by atoms with Gasteiger partial charge in [0.2, 0.25) is 5.91 Å². The fourth-order valence-corrected chi connectivity index (χ4v) is 2.22. The molecule has 3 aromatic rings. The number of aromatic amines is 1. The van der Waals surface area contributed by atoms with E-state index in [1.807, 2.05) is 18.2 Å². The van der Waals surface area contributed by atoms with Gasteiger partial charge in [0.1, 0.15) is 11.4 Å². The lowest BCUT2D eigenvalue weighted by Gasteiger charge is -2.00. The van der Waals surface area contributed by atoms with E-state index in [0.717, 1.165) is 5.39 Å². The van der Waals surface area contributed by atoms with Crippen molar-refractivity contribution in [1.29, 1.82) is 0 Å². The molecule has 2 aromatic heterocycles. The summed E-state index contributed by atoms with van der Waals surface area (Å²) >= 11 is 0. The Kier molecular flexibility index (Phi) is 4.09. The molecular weight excluding hydrogens is 298 g/mol. The SMILES string of the molecule is CCOC(=O)c1cc(NC(=O)Cc2noc3ccccc23)c[nH]1. The number of aromatic nitrogens is 2. The second kappa shape index (κ2) is 6.35. The van der Waals surface area contributed by atoms with Gasteiger partial charge in [-0.1, -0.05) is 17.3 Å². The maximum Gasteiger partial charge on any atom is 0.354 e. The van der Waals surface area contributed by atoms with Crippen molar-refractivity contribution in [2.45, 2.75) is 13.3 Å². The zero-order valence-electron chi connectivity index (χ0n) is 12.5. The summed E-state index contributed by atoms with van der Waals surface area (Å²) in [5.41, 5.74) is 1.99. The minimum absolute atomic E-state index is 0.0803. The number of nitrogens with zero attached hydrogens (tertiary/aromatic N) is 1. The third-order valence-electron chi connectivity index (χ3n) is 3.24. The number of amides is 1. The molecule has 0 saturated carbocycles. The molecule has 0 aliphatic heterocycles. The predicted molar refractivity (Wildman–Crippen MR) is 83.1 cm³/mol. The Morgan fingerprint density at radius 3 is 3.00 bits per heavy atom. The van der Waals surface area contributed by atoms with E-state index in [9.17, 15) is 9.59 Å². The summed E-state index contributed by atoms with van der Waals surface area (Å²) in [6.07, 6.45) is 1.61. The first-order chi connectivity index (χ1) is 11.2. The summed E-state index contributed by atoms with van der Waals surface area (Å²) < 4.78 is 10.0. The number of benzene rings is 1. The molecule has 0 bridgehead atoms. The van der Waals surface area contributed by atoms with E-state index in [0.29, 0.717) is 23.6 Å². The molecule has 0 aliphatic rings. The molecule has 0 fully saturated rings. The van der Waals surface area contributed by atoms with Crippen LogP contribution in [0.2, 0.25) is 0 Å². The molecular formula is C16H15N3O4. The number of anilines is 1. The smallest absolute Gasteiger partial charge is 0.354 e. The van der Waals surface area contributed by atoms with Gasteiger partial charge < -0.3 is 19.6 Å². The molecule has 0 saturated heterocycles. The van der Waals surface area contributed by atoms with Gasteiger partial charge in [-0.15, -0.1) is 0 Å². The molecule has 0 radical (unpaired) electrons. The summed E-state index contributed by atoms with van der Waals surface area (Å²) in [6, 6.07) is 8.87. The summed E-state index contributed by atoms with van der Waals surface area (Å²) in [5.74, 6) is -0.714. The van der Waals surface area contributed by atoms with Gasteiger partial charge in [0.25, 0.3) is 0 Å². The van der Waals surface area contributed by atoms with Gasteiger partial charge in [0.15, 0.2) is 5.58 Å². The summed E-state index contributed by atoms with van der Waals surface area (Å²) in [4.78, 5) is 26.4. The van der Waals surface area contributed by atoms with Crippen LogP contribution in [0.1, 0.15) is 23.1 Å². The molecule has 0 aliphatic carbocycles. The highest BCUT2D eigenvalue weighted by atomic mass is 16.5. The largest absolute Gasteiger partial charge is 0.461 e. The first kappa shape index (κ1) is 14.8. The van der Waals surface area contributed by atoms with Crippen LogP contribution in [-0.4, -0.2) is 28.6 Å². The number of hydrogen-bond acceptors (Lipinski definition) is 5. The molecule has 118 valence electrons. The Morgan fingerprint density at radius 1 is 1.35 bits per heavy atom. The van der Waals surface area contributed by atoms with Gasteiger partial charge in [-0.3, -0.25) is 4.79 Å². The Balaban J connectivity index is 1.67. The molecule has 0 unspecified atom stereocenters. The maximum absolute atomic E-state index is 12.1. The van der Waals surface area contributed by atoms with Crippen LogP contribution in [0.4, 0.5) is 5.69 Å². The third-order valence-corrected chi connectivity index (χ3v) is 3.24. The van der Waals surface area contributed by atoms with E-state index in [1.165, 1.54) is 12.3 Å². The van der Waals surface area contributed by atoms with Crippen molar-refractivity contribution in [2.24, 2.45) is 0 Å². The molecule has 0 spiro atoms. The van der Waals surface area contributed by atoms with Crippen molar-refractivity contribution in [3.05, 3.63) is 47.9 Å². The normalized spacial score (nSPS) is 10.7. The highest BCUT2D eigenvalue weighted by Gasteiger charge is 2.14. The molecule has 0 atom stereocenters. The minimum atomic E-state index is -0.463. The lowest BCUT2D eigenvalue weighted by Crippen LogP contribution is -2.14. The highest BCUT2D eigenvalue weighted by Crippen LogP contribution is 2.19. The number of carbonyl (C=O) groups is 2. The van der Waals surface area contributed by atoms with Crippen LogP contribution < -0.4 is 5.32 Å². The Morgan fingerprint density at radius 2 is 2.17 bits per heavy atom. The van der Waals surface area contributed by atoms with Crippen molar-refractivity contribution >= 4 is 28.5 Å². The van der Waals surface area contributed by atoms with Gasteiger partial charge in [0.05, 0.1) is 18.7 Å². The molecule has 1 aromatic carbocycles. The Labute approximate surface area is 131 Å². The molecule has 23 heavy (non-hydrogen) atoms. The number of ether oxygens (including phenoxy) is 1. The zero-order chi connectivity index (χ0) is 16.2. The topological polar surface area (TPSA) is 97.2 Å². The van der Waals surface area contributed by atoms with E-state index in [-0.39, 0.29) is 18.0 Å². The molecule has 7 heteroatoms. The van der Waals surface area contributed by atoms with Crippen molar-refractivity contribution < 1.29 is 18.8 Å². The lowest BCUT2D eigenvalue weighted by atomic mass is 10.1. The average molecular weight is 313 g/mol. The molecule has 7 nitrogen and oxygen atoms in total. The second-order valence-electron chi connectivity index (χ2n) is 4.87. The van der Waals surface area contributed by atoms with Gasteiger partial charge in [-0.05, 0) is 25.1 Å². The van der Waals surface area contributed by atoms with Crippen LogP contribution in [0.3, 0.4) is 0 Å². The van der Waals surface area contributed by atoms with Gasteiger partial charge in [-0.25, -0.2) is 4.79 Å². The van der Waals surface area contributed by atoms with Crippen LogP contribution >= 0.6 is 0 Å². The van der Waals surface area contributed by atoms with Gasteiger partial charge in [-0.2, -0.15) is 0 Å². The summed E-state index contributed by atoms with van der Waals surface area (Å²) in [5, 5.41) is 7.43. The lowest BCUT2D eigenvalue weighted by molar-refractivity contribution is -0.115. The van der Waals surface area contributed by atoms with E-state index in [1.54, 1.807) is 13.0 Å². The van der Waals surface area contributed by atoms with E-state index in [2.05, 4.69) is 15.5 Å². The first-order valence-corrected chi connectivity index (χ1v) is 7.16. The van der Waals surface area contributed by atoms with Crippen LogP contribution in [0, 0.1) is 0 Å². The number of carbonyl (C=O) groups excluding carboxylic acids is 2. The van der Waals surface area contributed by atoms with Crippen LogP contribution in [0.15, 0.2) is 41.1 Å². The van der Waals surface area contributed by atoms with Gasteiger partial charge in [0, 0.05) is 11.6 Å². The average Bonchev–Trinajstić information content (AvgIpc) is 3.15. The fraction of sp³-hybridized carbons (Fsp3) is 0.188. The number of rotatable bonds is 5. The third kappa shape index (κ3) is 3.23. The molecule has 2 heterocycles. The van der Waals surface area contributed by atoms with Crippen molar-refractivity contribution in [1.82, 2.24) is 10.1 Å². The molecule has 1 amide bonds. The standard InChI is InChI=1S/C16H15N3O4/c1-2-22-16(21)13-7-10(9-17-13)18-15(20)8-12-11-5-3-4-6-14(11)23-19-12/h3-7,9,17H,2,8H2,1H3,(H,18,20). The Bertz CT molecular complexity index is 850. The zero-order valence-corrected chi connectivity index (χ0v) is 12.5. The fourth-order valence-electron chi connectivity index (χ4n) is 2.22. The number of esters is 1. The van der Waals surface area contributed by atoms with Crippen LogP contribution in [0.25, 0.3) is 11.0 Å². The number of H-pyrrole nitrogens is 1. The summed E-state index contributed by atoms with van der Waals surface area (Å²) in [6.45, 7) is 2.02. The maximum atomic E-state index is 12.1. The monoisotopic (exact) mass is 313 g/mol. The predicted octanol–water partition coefficient (Wildman–Crippen LogP) is 2.51. The van der Waals surface area contributed by atoms with E-state index >= 15 is 0 Å². The van der Waals surface area contributed by atoms with E-state index in [4.69, 9.17) is 9.26 Å². The number of fused-ring (bicyclic) bond motifs is 1. The Hall–Kier alpha value is -3.09. The van der Waals surface area contributed by atoms with Crippen LogP contribution in [0.5, 0.6) is 0 Å². The minimum Gasteiger partial charge on any atom is -0.461 e. The highest BCUT2D eigenvalue weighted by molar-refractivity contribution is 5.96.